The first kappa shape index (κ1) is 14.3. The van der Waals surface area contributed by atoms with Crippen molar-refractivity contribution in [2.75, 3.05) is 6.61 Å². The summed E-state index contributed by atoms with van der Waals surface area (Å²) in [6.45, 7) is 3.69. The molecule has 0 aromatic heterocycles. The van der Waals surface area contributed by atoms with Crippen LogP contribution in [0.4, 0.5) is 4.39 Å². The molecule has 0 aliphatic carbocycles. The summed E-state index contributed by atoms with van der Waals surface area (Å²) < 4.78 is 19.1. The molecule has 2 rings (SSSR count). The van der Waals surface area contributed by atoms with E-state index in [-0.39, 0.29) is 5.82 Å². The second-order valence-electron chi connectivity index (χ2n) is 4.58. The average molecular weight is 272 g/mol. The van der Waals surface area contributed by atoms with Crippen LogP contribution < -0.4 is 0 Å². The SMILES string of the molecule is CCOC(=O)C(C)c1ccc(-c2ccccc2)cc1F. The molecule has 0 aliphatic heterocycles. The lowest BCUT2D eigenvalue weighted by Crippen LogP contribution is -2.14. The van der Waals surface area contributed by atoms with Gasteiger partial charge in [-0.05, 0) is 31.0 Å². The smallest absolute Gasteiger partial charge is 0.313 e. The zero-order chi connectivity index (χ0) is 14.5. The van der Waals surface area contributed by atoms with Crippen molar-refractivity contribution in [1.82, 2.24) is 0 Å². The Morgan fingerprint density at radius 1 is 1.15 bits per heavy atom. The van der Waals surface area contributed by atoms with Crippen LogP contribution >= 0.6 is 0 Å². The Bertz CT molecular complexity index is 593. The van der Waals surface area contributed by atoms with E-state index in [1.54, 1.807) is 19.9 Å². The number of carbonyl (C=O) groups is 1. The zero-order valence-corrected chi connectivity index (χ0v) is 11.6. The number of carbonyl (C=O) groups excluding carboxylic acids is 1. The van der Waals surface area contributed by atoms with Crippen molar-refractivity contribution in [2.24, 2.45) is 0 Å². The van der Waals surface area contributed by atoms with E-state index < -0.39 is 11.9 Å². The topological polar surface area (TPSA) is 26.3 Å². The lowest BCUT2D eigenvalue weighted by atomic mass is 9.97. The van der Waals surface area contributed by atoms with Crippen molar-refractivity contribution in [2.45, 2.75) is 19.8 Å². The standard InChI is InChI=1S/C17H17FO2/c1-3-20-17(19)12(2)15-10-9-14(11-16(15)18)13-7-5-4-6-8-13/h4-12H,3H2,1-2H3. The van der Waals surface area contributed by atoms with Crippen molar-refractivity contribution < 1.29 is 13.9 Å². The number of hydrogen-bond donors (Lipinski definition) is 0. The monoisotopic (exact) mass is 272 g/mol. The van der Waals surface area contributed by atoms with Gasteiger partial charge in [-0.2, -0.15) is 0 Å². The first-order valence-corrected chi connectivity index (χ1v) is 6.65. The highest BCUT2D eigenvalue weighted by atomic mass is 19.1. The Kier molecular flexibility index (Phi) is 4.51. The highest BCUT2D eigenvalue weighted by Gasteiger charge is 2.20. The minimum absolute atomic E-state index is 0.299. The summed E-state index contributed by atoms with van der Waals surface area (Å²) in [6.07, 6.45) is 0. The number of ether oxygens (including phenoxy) is 1. The first-order chi connectivity index (χ1) is 9.63. The maximum Gasteiger partial charge on any atom is 0.313 e. The van der Waals surface area contributed by atoms with Gasteiger partial charge < -0.3 is 4.74 Å². The van der Waals surface area contributed by atoms with E-state index in [0.29, 0.717) is 12.2 Å². The fraction of sp³-hybridized carbons (Fsp3) is 0.235. The number of esters is 1. The summed E-state index contributed by atoms with van der Waals surface area (Å²) in [5, 5.41) is 0. The number of rotatable bonds is 4. The van der Waals surface area contributed by atoms with Crippen LogP contribution in [-0.2, 0) is 9.53 Å². The molecule has 2 nitrogen and oxygen atoms in total. The van der Waals surface area contributed by atoms with Crippen molar-refractivity contribution in [3.8, 4) is 11.1 Å². The summed E-state index contributed by atoms with van der Waals surface area (Å²) in [7, 11) is 0. The van der Waals surface area contributed by atoms with E-state index in [9.17, 15) is 9.18 Å². The van der Waals surface area contributed by atoms with E-state index >= 15 is 0 Å². The molecule has 0 N–H and O–H groups in total. The van der Waals surface area contributed by atoms with Crippen molar-refractivity contribution in [1.29, 1.82) is 0 Å². The minimum Gasteiger partial charge on any atom is -0.466 e. The Balaban J connectivity index is 2.29. The van der Waals surface area contributed by atoms with Gasteiger partial charge in [0.05, 0.1) is 12.5 Å². The van der Waals surface area contributed by atoms with Crippen LogP contribution in [0.2, 0.25) is 0 Å². The molecule has 0 saturated carbocycles. The van der Waals surface area contributed by atoms with Gasteiger partial charge >= 0.3 is 5.97 Å². The van der Waals surface area contributed by atoms with Crippen molar-refractivity contribution in [3.05, 3.63) is 59.9 Å². The molecule has 2 aromatic rings. The van der Waals surface area contributed by atoms with Gasteiger partial charge in [-0.3, -0.25) is 4.79 Å². The summed E-state index contributed by atoms with van der Waals surface area (Å²) in [5.74, 6) is -1.38. The normalized spacial score (nSPS) is 11.9. The van der Waals surface area contributed by atoms with Gasteiger partial charge in [-0.15, -0.1) is 0 Å². The Morgan fingerprint density at radius 2 is 1.85 bits per heavy atom. The molecule has 1 atom stereocenters. The van der Waals surface area contributed by atoms with Crippen LogP contribution in [0.3, 0.4) is 0 Å². The summed E-state index contributed by atoms with van der Waals surface area (Å²) in [5.41, 5.74) is 2.10. The van der Waals surface area contributed by atoms with Gasteiger partial charge in [-0.1, -0.05) is 42.5 Å². The molecule has 0 spiro atoms. The van der Waals surface area contributed by atoms with E-state index in [4.69, 9.17) is 4.74 Å². The molecule has 0 fully saturated rings. The van der Waals surface area contributed by atoms with Crippen LogP contribution in [0.5, 0.6) is 0 Å². The molecule has 0 heterocycles. The maximum absolute atomic E-state index is 14.2. The molecular weight excluding hydrogens is 255 g/mol. The highest BCUT2D eigenvalue weighted by molar-refractivity contribution is 5.78. The van der Waals surface area contributed by atoms with Crippen molar-refractivity contribution >= 4 is 5.97 Å². The first-order valence-electron chi connectivity index (χ1n) is 6.65. The Morgan fingerprint density at radius 3 is 2.45 bits per heavy atom. The summed E-state index contributed by atoms with van der Waals surface area (Å²) in [4.78, 5) is 11.7. The lowest BCUT2D eigenvalue weighted by molar-refractivity contribution is -0.144. The van der Waals surface area contributed by atoms with E-state index in [1.807, 2.05) is 36.4 Å². The quantitative estimate of drug-likeness (QED) is 0.781. The van der Waals surface area contributed by atoms with Crippen LogP contribution in [0.1, 0.15) is 25.3 Å². The largest absolute Gasteiger partial charge is 0.466 e. The highest BCUT2D eigenvalue weighted by Crippen LogP contribution is 2.26. The van der Waals surface area contributed by atoms with Gasteiger partial charge in [0.15, 0.2) is 0 Å². The van der Waals surface area contributed by atoms with Crippen LogP contribution in [0, 0.1) is 5.82 Å². The van der Waals surface area contributed by atoms with Crippen molar-refractivity contribution in [3.63, 3.8) is 0 Å². The van der Waals surface area contributed by atoms with Crippen LogP contribution in [0.25, 0.3) is 11.1 Å². The number of halogens is 1. The molecule has 0 bridgehead atoms. The predicted octanol–water partition coefficient (Wildman–Crippen LogP) is 4.16. The Labute approximate surface area is 118 Å². The fourth-order valence-corrected chi connectivity index (χ4v) is 2.08. The predicted molar refractivity (Wildman–Crippen MR) is 76.9 cm³/mol. The van der Waals surface area contributed by atoms with E-state index in [0.717, 1.165) is 11.1 Å². The third-order valence-electron chi connectivity index (χ3n) is 3.21. The molecule has 0 radical (unpaired) electrons. The second kappa shape index (κ2) is 6.33. The van der Waals surface area contributed by atoms with Crippen LogP contribution in [0.15, 0.2) is 48.5 Å². The van der Waals surface area contributed by atoms with Gasteiger partial charge in [-0.25, -0.2) is 4.39 Å². The van der Waals surface area contributed by atoms with E-state index in [1.165, 1.54) is 6.07 Å². The Hall–Kier alpha value is -2.16. The molecule has 0 saturated heterocycles. The second-order valence-corrected chi connectivity index (χ2v) is 4.58. The third kappa shape index (κ3) is 3.05. The molecule has 20 heavy (non-hydrogen) atoms. The zero-order valence-electron chi connectivity index (χ0n) is 11.6. The minimum atomic E-state index is -0.597. The molecule has 1 unspecified atom stereocenters. The van der Waals surface area contributed by atoms with Crippen LogP contribution in [-0.4, -0.2) is 12.6 Å². The summed E-state index contributed by atoms with van der Waals surface area (Å²) in [6, 6.07) is 14.5. The molecular formula is C17H17FO2. The maximum atomic E-state index is 14.2. The fourth-order valence-electron chi connectivity index (χ4n) is 2.08. The molecule has 0 amide bonds. The summed E-state index contributed by atoms with van der Waals surface area (Å²) >= 11 is 0. The molecule has 104 valence electrons. The number of hydrogen-bond acceptors (Lipinski definition) is 2. The molecule has 3 heteroatoms. The van der Waals surface area contributed by atoms with Gasteiger partial charge in [0, 0.05) is 5.56 Å². The average Bonchev–Trinajstić information content (AvgIpc) is 2.47. The van der Waals surface area contributed by atoms with E-state index in [2.05, 4.69) is 0 Å². The third-order valence-corrected chi connectivity index (χ3v) is 3.21. The molecule has 0 aliphatic rings. The van der Waals surface area contributed by atoms with Gasteiger partial charge in [0.2, 0.25) is 0 Å². The van der Waals surface area contributed by atoms with Gasteiger partial charge in [0.25, 0.3) is 0 Å². The lowest BCUT2D eigenvalue weighted by Gasteiger charge is -2.12. The van der Waals surface area contributed by atoms with Gasteiger partial charge in [0.1, 0.15) is 5.82 Å². The number of benzene rings is 2. The molecule has 2 aromatic carbocycles.